The molecule has 0 aromatic carbocycles. The zero-order chi connectivity index (χ0) is 8.67. The maximum absolute atomic E-state index is 2.38. The molecule has 0 N–H and O–H groups in total. The van der Waals surface area contributed by atoms with E-state index in [-0.39, 0.29) is 0 Å². The summed E-state index contributed by atoms with van der Waals surface area (Å²) in [5, 5.41) is 0. The predicted molar refractivity (Wildman–Crippen MR) is 55.2 cm³/mol. The minimum absolute atomic E-state index is 0.632. The minimum atomic E-state index is 0.632. The van der Waals surface area contributed by atoms with Crippen LogP contribution in [-0.4, -0.2) is 0 Å². The molecule has 3 rings (SSSR count). The molecular weight excluding hydrogens is 156 g/mol. The molecule has 64 valence electrons. The van der Waals surface area contributed by atoms with Gasteiger partial charge in [0, 0.05) is 0 Å². The fraction of sp³-hybridized carbons (Fsp3) is 0.231. The van der Waals surface area contributed by atoms with E-state index in [9.17, 15) is 0 Å². The van der Waals surface area contributed by atoms with E-state index >= 15 is 0 Å². The average molecular weight is 168 g/mol. The lowest BCUT2D eigenvalue weighted by molar-refractivity contribution is 0.629. The zero-order valence-corrected chi connectivity index (χ0v) is 7.48. The Morgan fingerprint density at radius 1 is 0.923 bits per heavy atom. The molecule has 0 aromatic heterocycles. The van der Waals surface area contributed by atoms with Crippen molar-refractivity contribution in [3.05, 3.63) is 59.8 Å². The van der Waals surface area contributed by atoms with Gasteiger partial charge in [-0.15, -0.1) is 0 Å². The molecule has 0 heterocycles. The van der Waals surface area contributed by atoms with Crippen LogP contribution < -0.4 is 0 Å². The second-order valence-corrected chi connectivity index (χ2v) is 3.91. The number of hydrogen-bond acceptors (Lipinski definition) is 0. The van der Waals surface area contributed by atoms with Crippen LogP contribution in [0.4, 0.5) is 0 Å². The lowest BCUT2D eigenvalue weighted by Crippen LogP contribution is -2.00. The van der Waals surface area contributed by atoms with Gasteiger partial charge in [0.1, 0.15) is 0 Å². The van der Waals surface area contributed by atoms with E-state index in [1.54, 1.807) is 0 Å². The van der Waals surface area contributed by atoms with E-state index < -0.39 is 0 Å². The standard InChI is InChI=1S/C13H12/c1-2-11-8-10-4-6-12(3-1)13(9-11)7-5-10/h1-7,9-11H,8H2. The van der Waals surface area contributed by atoms with Crippen molar-refractivity contribution in [2.75, 3.05) is 0 Å². The monoisotopic (exact) mass is 168 g/mol. The summed E-state index contributed by atoms with van der Waals surface area (Å²) < 4.78 is 0. The highest BCUT2D eigenvalue weighted by atomic mass is 14.2. The summed E-state index contributed by atoms with van der Waals surface area (Å²) in [6, 6.07) is 0. The molecule has 3 bridgehead atoms. The largest absolute Gasteiger partial charge is 0.0775 e. The van der Waals surface area contributed by atoms with Gasteiger partial charge in [0.15, 0.2) is 0 Å². The third-order valence-electron chi connectivity index (χ3n) is 2.95. The molecule has 2 atom stereocenters. The number of hydrogen-bond donors (Lipinski definition) is 0. The van der Waals surface area contributed by atoms with Gasteiger partial charge in [0.2, 0.25) is 0 Å². The second-order valence-electron chi connectivity index (χ2n) is 3.91. The van der Waals surface area contributed by atoms with Crippen LogP contribution in [0.3, 0.4) is 0 Å². The van der Waals surface area contributed by atoms with Crippen molar-refractivity contribution in [3.8, 4) is 0 Å². The van der Waals surface area contributed by atoms with Gasteiger partial charge in [0.25, 0.3) is 0 Å². The third kappa shape index (κ3) is 1.14. The molecule has 3 aliphatic rings. The molecule has 0 amide bonds. The van der Waals surface area contributed by atoms with E-state index in [2.05, 4.69) is 48.6 Å². The average Bonchev–Trinajstić information content (AvgIpc) is 2.45. The highest BCUT2D eigenvalue weighted by Gasteiger charge is 2.17. The van der Waals surface area contributed by atoms with Crippen molar-refractivity contribution in [1.29, 1.82) is 0 Å². The van der Waals surface area contributed by atoms with Crippen molar-refractivity contribution in [2.24, 2.45) is 11.8 Å². The van der Waals surface area contributed by atoms with Crippen molar-refractivity contribution < 1.29 is 0 Å². The minimum Gasteiger partial charge on any atom is -0.0775 e. The van der Waals surface area contributed by atoms with Crippen molar-refractivity contribution >= 4 is 0 Å². The summed E-state index contributed by atoms with van der Waals surface area (Å²) in [7, 11) is 0. The maximum Gasteiger partial charge on any atom is -0.00326 e. The summed E-state index contributed by atoms with van der Waals surface area (Å²) in [6.07, 6.45) is 19.5. The summed E-state index contributed by atoms with van der Waals surface area (Å²) in [5.41, 5.74) is 2.75. The lowest BCUT2D eigenvalue weighted by atomic mass is 9.93. The molecule has 0 saturated carbocycles. The Bertz CT molecular complexity index is 375. The molecular formula is C13H12. The topological polar surface area (TPSA) is 0 Å². The van der Waals surface area contributed by atoms with Crippen LogP contribution >= 0.6 is 0 Å². The molecule has 0 aromatic rings. The van der Waals surface area contributed by atoms with E-state index in [0.29, 0.717) is 11.8 Å². The molecule has 0 heteroatoms. The van der Waals surface area contributed by atoms with Crippen molar-refractivity contribution in [2.45, 2.75) is 6.42 Å². The van der Waals surface area contributed by atoms with Gasteiger partial charge in [-0.3, -0.25) is 0 Å². The smallest absolute Gasteiger partial charge is 0.00326 e. The van der Waals surface area contributed by atoms with Gasteiger partial charge in [-0.05, 0) is 29.4 Å². The molecule has 3 aliphatic carbocycles. The Morgan fingerprint density at radius 3 is 2.69 bits per heavy atom. The fourth-order valence-corrected chi connectivity index (χ4v) is 2.22. The van der Waals surface area contributed by atoms with Crippen LogP contribution in [0, 0.1) is 11.8 Å². The molecule has 0 aliphatic heterocycles. The molecule has 0 fully saturated rings. The first-order chi connectivity index (χ1) is 6.42. The van der Waals surface area contributed by atoms with Crippen LogP contribution in [0.25, 0.3) is 0 Å². The second kappa shape index (κ2) is 2.59. The summed E-state index contributed by atoms with van der Waals surface area (Å²) in [4.78, 5) is 0. The highest BCUT2D eigenvalue weighted by molar-refractivity contribution is 5.53. The first kappa shape index (κ1) is 7.14. The third-order valence-corrected chi connectivity index (χ3v) is 2.95. The van der Waals surface area contributed by atoms with E-state index in [0.717, 1.165) is 0 Å². The Morgan fingerprint density at radius 2 is 1.77 bits per heavy atom. The van der Waals surface area contributed by atoms with Crippen molar-refractivity contribution in [1.82, 2.24) is 0 Å². The molecule has 0 radical (unpaired) electrons. The molecule has 0 saturated heterocycles. The van der Waals surface area contributed by atoms with E-state index in [1.165, 1.54) is 17.6 Å². The fourth-order valence-electron chi connectivity index (χ4n) is 2.22. The summed E-state index contributed by atoms with van der Waals surface area (Å²) >= 11 is 0. The molecule has 13 heavy (non-hydrogen) atoms. The molecule has 2 unspecified atom stereocenters. The van der Waals surface area contributed by atoms with Gasteiger partial charge in [0.05, 0.1) is 0 Å². The van der Waals surface area contributed by atoms with Gasteiger partial charge in [-0.1, -0.05) is 48.6 Å². The van der Waals surface area contributed by atoms with Gasteiger partial charge in [-0.2, -0.15) is 0 Å². The summed E-state index contributed by atoms with van der Waals surface area (Å²) in [6.45, 7) is 0. The SMILES string of the molecule is C1=CC2C=C3C=CC(C=CC3=C1)C2. The zero-order valence-electron chi connectivity index (χ0n) is 7.48. The van der Waals surface area contributed by atoms with Gasteiger partial charge >= 0.3 is 0 Å². The molecule has 0 nitrogen and oxygen atoms in total. The summed E-state index contributed by atoms with van der Waals surface area (Å²) in [5.74, 6) is 1.26. The normalized spacial score (nSPS) is 33.8. The highest BCUT2D eigenvalue weighted by Crippen LogP contribution is 2.32. The Hall–Kier alpha value is -1.30. The van der Waals surface area contributed by atoms with E-state index in [4.69, 9.17) is 0 Å². The maximum atomic E-state index is 2.38. The Kier molecular flexibility index (Phi) is 1.42. The van der Waals surface area contributed by atoms with Gasteiger partial charge in [-0.25, -0.2) is 0 Å². The number of fused-ring (bicyclic) bond motifs is 2. The van der Waals surface area contributed by atoms with Gasteiger partial charge < -0.3 is 0 Å². The quantitative estimate of drug-likeness (QED) is 0.521. The van der Waals surface area contributed by atoms with Crippen LogP contribution in [0.15, 0.2) is 59.8 Å². The van der Waals surface area contributed by atoms with Crippen LogP contribution in [0.1, 0.15) is 6.42 Å². The molecule has 0 spiro atoms. The van der Waals surface area contributed by atoms with Crippen LogP contribution in [-0.2, 0) is 0 Å². The van der Waals surface area contributed by atoms with Crippen LogP contribution in [0.5, 0.6) is 0 Å². The Balaban J connectivity index is 2.24. The Labute approximate surface area is 78.7 Å². The number of allylic oxidation sites excluding steroid dienone is 10. The number of rotatable bonds is 0. The first-order valence-electron chi connectivity index (χ1n) is 4.89. The van der Waals surface area contributed by atoms with Crippen LogP contribution in [0.2, 0.25) is 0 Å². The van der Waals surface area contributed by atoms with E-state index in [1.807, 2.05) is 0 Å². The predicted octanol–water partition coefficient (Wildman–Crippen LogP) is 3.17. The first-order valence-corrected chi connectivity index (χ1v) is 4.89. The lowest BCUT2D eigenvalue weighted by Gasteiger charge is -2.12. The van der Waals surface area contributed by atoms with Crippen molar-refractivity contribution in [3.63, 3.8) is 0 Å².